The van der Waals surface area contributed by atoms with Gasteiger partial charge in [-0.05, 0) is 19.4 Å². The molecule has 18 heavy (non-hydrogen) atoms. The van der Waals surface area contributed by atoms with Crippen LogP contribution in [-0.4, -0.2) is 18.1 Å². The molecular formula is C15H20N2S. The fourth-order valence-corrected chi connectivity index (χ4v) is 2.95. The van der Waals surface area contributed by atoms with Gasteiger partial charge in [0.15, 0.2) is 0 Å². The van der Waals surface area contributed by atoms with Crippen molar-refractivity contribution < 1.29 is 0 Å². The summed E-state index contributed by atoms with van der Waals surface area (Å²) >= 11 is 1.85. The molecule has 0 bridgehead atoms. The monoisotopic (exact) mass is 260 g/mol. The third kappa shape index (κ3) is 3.18. The molecule has 0 atom stereocenters. The van der Waals surface area contributed by atoms with Crippen molar-refractivity contribution in [1.29, 1.82) is 0 Å². The van der Waals surface area contributed by atoms with E-state index in [0.717, 1.165) is 25.9 Å². The maximum Gasteiger partial charge on any atom is 0.0932 e. The maximum absolute atomic E-state index is 4.77. The highest BCUT2D eigenvalue weighted by molar-refractivity contribution is 7.12. The molecule has 0 saturated heterocycles. The quantitative estimate of drug-likeness (QED) is 0.804. The number of likely N-dealkylation sites (N-methyl/N-ethyl adjacent to an activating group) is 1. The first-order chi connectivity index (χ1) is 8.85. The first-order valence-electron chi connectivity index (χ1n) is 6.59. The standard InChI is InChI=1S/C15H20N2S/c1-3-14-17-15(12-8-6-5-7-9-12)13(18-14)10-11-16-4-2/h5-9,16H,3-4,10-11H2,1-2H3. The molecule has 2 rings (SSSR count). The molecule has 0 radical (unpaired) electrons. The minimum Gasteiger partial charge on any atom is -0.317 e. The lowest BCUT2D eigenvalue weighted by Crippen LogP contribution is -2.15. The Bertz CT molecular complexity index is 476. The SMILES string of the molecule is CCNCCc1sc(CC)nc1-c1ccccc1. The molecule has 2 aromatic rings. The number of rotatable bonds is 6. The van der Waals surface area contributed by atoms with Gasteiger partial charge in [0.1, 0.15) is 0 Å². The number of benzene rings is 1. The first kappa shape index (κ1) is 13.2. The minimum atomic E-state index is 1.02. The minimum absolute atomic E-state index is 1.02. The van der Waals surface area contributed by atoms with E-state index < -0.39 is 0 Å². The van der Waals surface area contributed by atoms with Gasteiger partial charge in [0.25, 0.3) is 0 Å². The van der Waals surface area contributed by atoms with Crippen molar-refractivity contribution in [3.8, 4) is 11.3 Å². The van der Waals surface area contributed by atoms with Gasteiger partial charge in [-0.2, -0.15) is 0 Å². The van der Waals surface area contributed by atoms with Gasteiger partial charge in [-0.25, -0.2) is 4.98 Å². The highest BCUT2D eigenvalue weighted by Crippen LogP contribution is 2.28. The number of aromatic nitrogens is 1. The van der Waals surface area contributed by atoms with Gasteiger partial charge in [-0.15, -0.1) is 11.3 Å². The van der Waals surface area contributed by atoms with Crippen molar-refractivity contribution in [1.82, 2.24) is 10.3 Å². The van der Waals surface area contributed by atoms with Gasteiger partial charge in [0.05, 0.1) is 10.7 Å². The summed E-state index contributed by atoms with van der Waals surface area (Å²) in [6, 6.07) is 10.5. The number of hydrogen-bond donors (Lipinski definition) is 1. The Morgan fingerprint density at radius 3 is 2.61 bits per heavy atom. The van der Waals surface area contributed by atoms with Crippen molar-refractivity contribution in [3.05, 3.63) is 40.2 Å². The molecule has 0 aliphatic rings. The van der Waals surface area contributed by atoms with E-state index in [0.29, 0.717) is 0 Å². The Morgan fingerprint density at radius 1 is 1.17 bits per heavy atom. The van der Waals surface area contributed by atoms with E-state index in [1.807, 2.05) is 11.3 Å². The second kappa shape index (κ2) is 6.66. The van der Waals surface area contributed by atoms with Crippen LogP contribution in [0.4, 0.5) is 0 Å². The van der Waals surface area contributed by atoms with E-state index in [1.54, 1.807) is 0 Å². The average molecular weight is 260 g/mol. The summed E-state index contributed by atoms with van der Waals surface area (Å²) in [6.45, 7) is 6.37. The second-order valence-electron chi connectivity index (χ2n) is 4.20. The Kier molecular flexibility index (Phi) is 4.90. The maximum atomic E-state index is 4.77. The molecule has 0 saturated carbocycles. The van der Waals surface area contributed by atoms with Gasteiger partial charge in [0.2, 0.25) is 0 Å². The third-order valence-electron chi connectivity index (χ3n) is 2.87. The highest BCUT2D eigenvalue weighted by atomic mass is 32.1. The Morgan fingerprint density at radius 2 is 1.94 bits per heavy atom. The van der Waals surface area contributed by atoms with Crippen LogP contribution < -0.4 is 5.32 Å². The number of thiazole rings is 1. The van der Waals surface area contributed by atoms with E-state index >= 15 is 0 Å². The van der Waals surface area contributed by atoms with E-state index in [2.05, 4.69) is 49.5 Å². The fraction of sp³-hybridized carbons (Fsp3) is 0.400. The molecular weight excluding hydrogens is 240 g/mol. The molecule has 1 heterocycles. The predicted octanol–water partition coefficient (Wildman–Crippen LogP) is 3.52. The van der Waals surface area contributed by atoms with Crippen LogP contribution in [0.1, 0.15) is 23.7 Å². The molecule has 0 aliphatic carbocycles. The molecule has 0 unspecified atom stereocenters. The normalized spacial score (nSPS) is 10.8. The Hall–Kier alpha value is -1.19. The molecule has 96 valence electrons. The van der Waals surface area contributed by atoms with E-state index in [-0.39, 0.29) is 0 Å². The van der Waals surface area contributed by atoms with Crippen LogP contribution in [0.5, 0.6) is 0 Å². The predicted molar refractivity (Wildman–Crippen MR) is 79.2 cm³/mol. The summed E-state index contributed by atoms with van der Waals surface area (Å²) in [4.78, 5) is 6.17. The molecule has 0 aliphatic heterocycles. The zero-order chi connectivity index (χ0) is 12.8. The van der Waals surface area contributed by atoms with E-state index in [9.17, 15) is 0 Å². The smallest absolute Gasteiger partial charge is 0.0932 e. The summed E-state index contributed by atoms with van der Waals surface area (Å²) in [5.74, 6) is 0. The van der Waals surface area contributed by atoms with Crippen LogP contribution in [0.3, 0.4) is 0 Å². The zero-order valence-electron chi connectivity index (χ0n) is 11.1. The fourth-order valence-electron chi connectivity index (χ4n) is 1.92. The largest absolute Gasteiger partial charge is 0.317 e. The molecule has 1 aromatic heterocycles. The van der Waals surface area contributed by atoms with Crippen molar-refractivity contribution in [2.45, 2.75) is 26.7 Å². The molecule has 1 N–H and O–H groups in total. The van der Waals surface area contributed by atoms with Gasteiger partial charge in [0, 0.05) is 17.0 Å². The highest BCUT2D eigenvalue weighted by Gasteiger charge is 2.11. The lowest BCUT2D eigenvalue weighted by atomic mass is 10.1. The van der Waals surface area contributed by atoms with Crippen molar-refractivity contribution >= 4 is 11.3 Å². The van der Waals surface area contributed by atoms with E-state index in [4.69, 9.17) is 4.98 Å². The zero-order valence-corrected chi connectivity index (χ0v) is 11.9. The molecule has 0 amide bonds. The molecule has 0 fully saturated rings. The van der Waals surface area contributed by atoms with Gasteiger partial charge in [-0.3, -0.25) is 0 Å². The van der Waals surface area contributed by atoms with Crippen molar-refractivity contribution in [3.63, 3.8) is 0 Å². The van der Waals surface area contributed by atoms with Crippen LogP contribution in [0.15, 0.2) is 30.3 Å². The second-order valence-corrected chi connectivity index (χ2v) is 5.37. The van der Waals surface area contributed by atoms with Crippen LogP contribution in [0.2, 0.25) is 0 Å². The summed E-state index contributed by atoms with van der Waals surface area (Å²) in [7, 11) is 0. The molecule has 3 heteroatoms. The number of aryl methyl sites for hydroxylation is 1. The average Bonchev–Trinajstić information content (AvgIpc) is 2.83. The third-order valence-corrected chi connectivity index (χ3v) is 4.13. The van der Waals surface area contributed by atoms with Crippen LogP contribution in [-0.2, 0) is 12.8 Å². The van der Waals surface area contributed by atoms with Gasteiger partial charge in [-0.1, -0.05) is 44.2 Å². The summed E-state index contributed by atoms with van der Waals surface area (Å²) < 4.78 is 0. The number of hydrogen-bond acceptors (Lipinski definition) is 3. The Balaban J connectivity index is 2.24. The van der Waals surface area contributed by atoms with Crippen LogP contribution in [0.25, 0.3) is 11.3 Å². The summed E-state index contributed by atoms with van der Waals surface area (Å²) in [5, 5.41) is 4.62. The Labute approximate surface area is 113 Å². The van der Waals surface area contributed by atoms with Gasteiger partial charge >= 0.3 is 0 Å². The van der Waals surface area contributed by atoms with Crippen LogP contribution >= 0.6 is 11.3 Å². The molecule has 2 nitrogen and oxygen atoms in total. The molecule has 1 aromatic carbocycles. The topological polar surface area (TPSA) is 24.9 Å². The van der Waals surface area contributed by atoms with E-state index in [1.165, 1.54) is 21.1 Å². The number of nitrogens with zero attached hydrogens (tertiary/aromatic N) is 1. The molecule has 0 spiro atoms. The first-order valence-corrected chi connectivity index (χ1v) is 7.41. The number of nitrogens with one attached hydrogen (secondary N) is 1. The van der Waals surface area contributed by atoms with Crippen molar-refractivity contribution in [2.75, 3.05) is 13.1 Å². The van der Waals surface area contributed by atoms with Crippen LogP contribution in [0, 0.1) is 0 Å². The van der Waals surface area contributed by atoms with Crippen molar-refractivity contribution in [2.24, 2.45) is 0 Å². The summed E-state index contributed by atoms with van der Waals surface area (Å²) in [5.41, 5.74) is 2.41. The lowest BCUT2D eigenvalue weighted by Gasteiger charge is -2.03. The summed E-state index contributed by atoms with van der Waals surface area (Å²) in [6.07, 6.45) is 2.08. The van der Waals surface area contributed by atoms with Gasteiger partial charge < -0.3 is 5.32 Å². The lowest BCUT2D eigenvalue weighted by molar-refractivity contribution is 0.721.